The molecule has 128 valence electrons. The zero-order valence-corrected chi connectivity index (χ0v) is 14.7. The molecule has 0 aliphatic rings. The average Bonchev–Trinajstić information content (AvgIpc) is 3.12. The molecule has 1 amide bonds. The minimum atomic E-state index is -0.232. The predicted molar refractivity (Wildman–Crippen MR) is 97.9 cm³/mol. The van der Waals surface area contributed by atoms with Gasteiger partial charge in [0.05, 0.1) is 12.8 Å². The van der Waals surface area contributed by atoms with Gasteiger partial charge in [-0.2, -0.15) is 5.10 Å². The maximum Gasteiger partial charge on any atom is 0.269 e. The topological polar surface area (TPSA) is 67.0 Å². The number of aromatic nitrogens is 2. The number of aryl methyl sites for hydroxylation is 1. The van der Waals surface area contributed by atoms with Crippen LogP contribution in [-0.2, 0) is 6.54 Å². The molecule has 0 bridgehead atoms. The Kier molecular flexibility index (Phi) is 5.05. The van der Waals surface area contributed by atoms with Crippen LogP contribution in [0.2, 0.25) is 5.02 Å². The molecule has 0 saturated heterocycles. The summed E-state index contributed by atoms with van der Waals surface area (Å²) in [6.07, 6.45) is 0. The molecule has 2 N–H and O–H groups in total. The lowest BCUT2D eigenvalue weighted by Gasteiger charge is -2.08. The van der Waals surface area contributed by atoms with Gasteiger partial charge in [-0.1, -0.05) is 35.9 Å². The fraction of sp³-hybridized carbons (Fsp3) is 0.158. The van der Waals surface area contributed by atoms with Gasteiger partial charge in [-0.15, -0.1) is 0 Å². The van der Waals surface area contributed by atoms with E-state index in [0.29, 0.717) is 23.0 Å². The van der Waals surface area contributed by atoms with Gasteiger partial charge in [0.1, 0.15) is 11.4 Å². The number of rotatable bonds is 5. The third kappa shape index (κ3) is 3.83. The summed E-state index contributed by atoms with van der Waals surface area (Å²) < 4.78 is 5.29. The highest BCUT2D eigenvalue weighted by Crippen LogP contribution is 2.25. The van der Waals surface area contributed by atoms with Crippen LogP contribution in [0.1, 0.15) is 21.6 Å². The van der Waals surface area contributed by atoms with E-state index in [0.717, 1.165) is 22.4 Å². The van der Waals surface area contributed by atoms with Gasteiger partial charge in [-0.3, -0.25) is 9.89 Å². The number of benzene rings is 2. The molecule has 0 aliphatic carbocycles. The molecule has 6 heteroatoms. The Morgan fingerprint density at radius 3 is 2.84 bits per heavy atom. The number of ether oxygens (including phenoxy) is 1. The van der Waals surface area contributed by atoms with Crippen molar-refractivity contribution in [1.29, 1.82) is 0 Å². The number of methoxy groups -OCH3 is 1. The van der Waals surface area contributed by atoms with Gasteiger partial charge in [0.15, 0.2) is 0 Å². The maximum absolute atomic E-state index is 12.4. The van der Waals surface area contributed by atoms with Crippen molar-refractivity contribution in [2.45, 2.75) is 13.5 Å². The quantitative estimate of drug-likeness (QED) is 0.727. The van der Waals surface area contributed by atoms with Crippen LogP contribution in [0.15, 0.2) is 48.5 Å². The van der Waals surface area contributed by atoms with Crippen molar-refractivity contribution in [3.63, 3.8) is 0 Å². The molecule has 0 atom stereocenters. The third-order valence-corrected chi connectivity index (χ3v) is 4.17. The van der Waals surface area contributed by atoms with Crippen LogP contribution in [0.3, 0.4) is 0 Å². The first-order valence-electron chi connectivity index (χ1n) is 7.80. The highest BCUT2D eigenvalue weighted by Gasteiger charge is 2.13. The van der Waals surface area contributed by atoms with E-state index in [1.807, 2.05) is 49.4 Å². The van der Waals surface area contributed by atoms with E-state index in [9.17, 15) is 4.79 Å². The van der Waals surface area contributed by atoms with Crippen molar-refractivity contribution >= 4 is 17.5 Å². The summed E-state index contributed by atoms with van der Waals surface area (Å²) in [5, 5.41) is 10.5. The van der Waals surface area contributed by atoms with Gasteiger partial charge in [0.2, 0.25) is 0 Å². The summed E-state index contributed by atoms with van der Waals surface area (Å²) in [5.41, 5.74) is 3.92. The standard InChI is InChI=1S/C19H18ClN3O2/c1-12-7-8-14(20)9-15(12)16-10-17(23-22-16)19(24)21-11-13-5-3-4-6-18(13)25-2/h3-10H,11H2,1-2H3,(H,21,24)(H,22,23). The van der Waals surface area contributed by atoms with Crippen LogP contribution in [0.5, 0.6) is 5.75 Å². The summed E-state index contributed by atoms with van der Waals surface area (Å²) >= 11 is 6.05. The summed E-state index contributed by atoms with van der Waals surface area (Å²) in [6, 6.07) is 14.9. The number of aromatic amines is 1. The Hall–Kier alpha value is -2.79. The molecule has 5 nitrogen and oxygen atoms in total. The second-order valence-corrected chi connectivity index (χ2v) is 6.06. The lowest BCUT2D eigenvalue weighted by Crippen LogP contribution is -2.23. The van der Waals surface area contributed by atoms with E-state index in [1.165, 1.54) is 0 Å². The van der Waals surface area contributed by atoms with Crippen LogP contribution in [-0.4, -0.2) is 23.2 Å². The van der Waals surface area contributed by atoms with Crippen LogP contribution in [0.25, 0.3) is 11.3 Å². The minimum absolute atomic E-state index is 0.232. The van der Waals surface area contributed by atoms with Gasteiger partial charge in [-0.25, -0.2) is 0 Å². The first-order valence-corrected chi connectivity index (χ1v) is 8.18. The van der Waals surface area contributed by atoms with Crippen LogP contribution >= 0.6 is 11.6 Å². The number of hydrogen-bond acceptors (Lipinski definition) is 3. The van der Waals surface area contributed by atoms with Crippen molar-refractivity contribution in [2.24, 2.45) is 0 Å². The molecule has 0 spiro atoms. The zero-order chi connectivity index (χ0) is 17.8. The molecule has 1 aromatic heterocycles. The second-order valence-electron chi connectivity index (χ2n) is 5.62. The van der Waals surface area contributed by atoms with Crippen LogP contribution in [0, 0.1) is 6.92 Å². The Balaban J connectivity index is 1.74. The van der Waals surface area contributed by atoms with E-state index >= 15 is 0 Å². The number of carbonyl (C=O) groups is 1. The smallest absolute Gasteiger partial charge is 0.269 e. The van der Waals surface area contributed by atoms with Gasteiger partial charge in [-0.05, 0) is 36.8 Å². The molecule has 25 heavy (non-hydrogen) atoms. The monoisotopic (exact) mass is 355 g/mol. The lowest BCUT2D eigenvalue weighted by molar-refractivity contribution is 0.0945. The molecular weight excluding hydrogens is 338 g/mol. The Labute approximate surface area is 151 Å². The van der Waals surface area contributed by atoms with E-state index in [2.05, 4.69) is 15.5 Å². The number of halogens is 1. The molecule has 1 heterocycles. The molecule has 3 aromatic rings. The zero-order valence-electron chi connectivity index (χ0n) is 14.0. The molecule has 0 aliphatic heterocycles. The van der Waals surface area contributed by atoms with E-state index < -0.39 is 0 Å². The van der Waals surface area contributed by atoms with Crippen molar-refractivity contribution in [3.05, 3.63) is 70.4 Å². The number of nitrogens with one attached hydrogen (secondary N) is 2. The molecular formula is C19H18ClN3O2. The largest absolute Gasteiger partial charge is 0.496 e. The Bertz CT molecular complexity index is 905. The number of para-hydroxylation sites is 1. The van der Waals surface area contributed by atoms with Gasteiger partial charge >= 0.3 is 0 Å². The maximum atomic E-state index is 12.4. The van der Waals surface area contributed by atoms with E-state index in [-0.39, 0.29) is 5.91 Å². The van der Waals surface area contributed by atoms with Crippen molar-refractivity contribution in [1.82, 2.24) is 15.5 Å². The van der Waals surface area contributed by atoms with Crippen molar-refractivity contribution in [2.75, 3.05) is 7.11 Å². The number of H-pyrrole nitrogens is 1. The van der Waals surface area contributed by atoms with Gasteiger partial charge < -0.3 is 10.1 Å². The number of amides is 1. The highest BCUT2D eigenvalue weighted by molar-refractivity contribution is 6.30. The molecule has 0 fully saturated rings. The number of hydrogen-bond donors (Lipinski definition) is 2. The van der Waals surface area contributed by atoms with Crippen LogP contribution < -0.4 is 10.1 Å². The molecule has 3 rings (SSSR count). The van der Waals surface area contributed by atoms with Gasteiger partial charge in [0, 0.05) is 22.7 Å². The van der Waals surface area contributed by atoms with E-state index in [4.69, 9.17) is 16.3 Å². The fourth-order valence-corrected chi connectivity index (χ4v) is 2.74. The van der Waals surface area contributed by atoms with E-state index in [1.54, 1.807) is 13.2 Å². The summed E-state index contributed by atoms with van der Waals surface area (Å²) in [5.74, 6) is 0.506. The SMILES string of the molecule is COc1ccccc1CNC(=O)c1cc(-c2cc(Cl)ccc2C)n[nH]1. The fourth-order valence-electron chi connectivity index (χ4n) is 2.57. The Morgan fingerprint density at radius 2 is 2.04 bits per heavy atom. The van der Waals surface area contributed by atoms with Crippen molar-refractivity contribution < 1.29 is 9.53 Å². The first-order chi connectivity index (χ1) is 12.1. The highest BCUT2D eigenvalue weighted by atomic mass is 35.5. The Morgan fingerprint density at radius 1 is 1.24 bits per heavy atom. The summed E-state index contributed by atoms with van der Waals surface area (Å²) in [4.78, 5) is 12.4. The first kappa shape index (κ1) is 17.0. The van der Waals surface area contributed by atoms with Crippen molar-refractivity contribution in [3.8, 4) is 17.0 Å². The normalized spacial score (nSPS) is 10.5. The van der Waals surface area contributed by atoms with Crippen LogP contribution in [0.4, 0.5) is 0 Å². The number of nitrogens with zero attached hydrogens (tertiary/aromatic N) is 1. The molecule has 0 unspecified atom stereocenters. The molecule has 2 aromatic carbocycles. The predicted octanol–water partition coefficient (Wildman–Crippen LogP) is 3.98. The summed E-state index contributed by atoms with van der Waals surface area (Å²) in [7, 11) is 1.61. The average molecular weight is 356 g/mol. The minimum Gasteiger partial charge on any atom is -0.496 e. The lowest BCUT2D eigenvalue weighted by atomic mass is 10.1. The summed E-state index contributed by atoms with van der Waals surface area (Å²) in [6.45, 7) is 2.34. The number of carbonyl (C=O) groups excluding carboxylic acids is 1. The third-order valence-electron chi connectivity index (χ3n) is 3.93. The van der Waals surface area contributed by atoms with Gasteiger partial charge in [0.25, 0.3) is 5.91 Å². The molecule has 0 saturated carbocycles. The second kappa shape index (κ2) is 7.40. The molecule has 0 radical (unpaired) electrons.